The number of benzene rings is 1. The Morgan fingerprint density at radius 3 is 2.50 bits per heavy atom. The molecule has 3 heterocycles. The highest BCUT2D eigenvalue weighted by atomic mass is 19.1. The van der Waals surface area contributed by atoms with E-state index < -0.39 is 11.9 Å². The van der Waals surface area contributed by atoms with E-state index in [0.29, 0.717) is 37.5 Å². The van der Waals surface area contributed by atoms with E-state index in [1.54, 1.807) is 34.0 Å². The quantitative estimate of drug-likeness (QED) is 0.871. The third kappa shape index (κ3) is 3.64. The highest BCUT2D eigenvalue weighted by molar-refractivity contribution is 5.92. The molecule has 1 unspecified atom stereocenters. The number of aromatic nitrogens is 2. The maximum absolute atomic E-state index is 13.1. The summed E-state index contributed by atoms with van der Waals surface area (Å²) in [5.74, 6) is -1.57. The highest BCUT2D eigenvalue weighted by Crippen LogP contribution is 2.33. The van der Waals surface area contributed by atoms with Gasteiger partial charge in [0.2, 0.25) is 0 Å². The topological polar surface area (TPSA) is 84.7 Å². The van der Waals surface area contributed by atoms with Gasteiger partial charge in [-0.1, -0.05) is 0 Å². The number of carboxylic acid groups (broad SMARTS) is 1. The lowest BCUT2D eigenvalue weighted by molar-refractivity contribution is -0.145. The zero-order valence-corrected chi connectivity index (χ0v) is 15.3. The third-order valence-electron chi connectivity index (χ3n) is 5.64. The van der Waals surface area contributed by atoms with Crippen molar-refractivity contribution in [1.82, 2.24) is 14.7 Å². The molecule has 0 aliphatic carbocycles. The van der Waals surface area contributed by atoms with E-state index in [1.807, 2.05) is 0 Å². The van der Waals surface area contributed by atoms with Gasteiger partial charge in [0.1, 0.15) is 5.82 Å². The fraction of sp³-hybridized carbons (Fsp3) is 0.450. The van der Waals surface area contributed by atoms with Crippen LogP contribution in [0, 0.1) is 17.7 Å². The highest BCUT2D eigenvalue weighted by Gasteiger charge is 2.40. The summed E-state index contributed by atoms with van der Waals surface area (Å²) in [4.78, 5) is 25.9. The summed E-state index contributed by atoms with van der Waals surface area (Å²) < 4.78 is 20.3. The van der Waals surface area contributed by atoms with Crippen LogP contribution < -0.4 is 0 Å². The molecule has 1 amide bonds. The van der Waals surface area contributed by atoms with Gasteiger partial charge < -0.3 is 14.7 Å². The van der Waals surface area contributed by atoms with Gasteiger partial charge in [-0.3, -0.25) is 9.59 Å². The SMILES string of the molecule is O=C(O)C1CCO[C@H]1C1CCN(C(=O)c2ccn(-c3ccc(F)cc3)n2)CC1. The van der Waals surface area contributed by atoms with Crippen molar-refractivity contribution in [1.29, 1.82) is 0 Å². The smallest absolute Gasteiger partial charge is 0.309 e. The molecule has 0 spiro atoms. The summed E-state index contributed by atoms with van der Waals surface area (Å²) in [5, 5.41) is 13.7. The molecular formula is C20H22FN3O4. The van der Waals surface area contributed by atoms with Gasteiger partial charge in [0, 0.05) is 25.9 Å². The number of hydrogen-bond donors (Lipinski definition) is 1. The van der Waals surface area contributed by atoms with Gasteiger partial charge in [0.05, 0.1) is 17.7 Å². The van der Waals surface area contributed by atoms with E-state index in [2.05, 4.69) is 5.10 Å². The Bertz CT molecular complexity index is 859. The van der Waals surface area contributed by atoms with Crippen LogP contribution in [0.1, 0.15) is 29.8 Å². The minimum absolute atomic E-state index is 0.151. The Labute approximate surface area is 161 Å². The maximum Gasteiger partial charge on any atom is 0.309 e. The lowest BCUT2D eigenvalue weighted by Crippen LogP contribution is -2.43. The lowest BCUT2D eigenvalue weighted by Gasteiger charge is -2.35. The second-order valence-electron chi connectivity index (χ2n) is 7.32. The molecule has 0 radical (unpaired) electrons. The number of hydrogen-bond acceptors (Lipinski definition) is 4. The molecular weight excluding hydrogens is 365 g/mol. The number of ether oxygens (including phenoxy) is 1. The van der Waals surface area contributed by atoms with E-state index in [0.717, 1.165) is 12.8 Å². The van der Waals surface area contributed by atoms with Gasteiger partial charge in [-0.05, 0) is 55.5 Å². The molecule has 1 aromatic heterocycles. The van der Waals surface area contributed by atoms with Crippen LogP contribution in [0.3, 0.4) is 0 Å². The van der Waals surface area contributed by atoms with Crippen molar-refractivity contribution in [2.75, 3.05) is 19.7 Å². The molecule has 2 fully saturated rings. The number of amides is 1. The second kappa shape index (κ2) is 7.71. The Morgan fingerprint density at radius 1 is 1.11 bits per heavy atom. The average Bonchev–Trinajstić information content (AvgIpc) is 3.38. The van der Waals surface area contributed by atoms with Gasteiger partial charge in [-0.25, -0.2) is 9.07 Å². The Morgan fingerprint density at radius 2 is 1.82 bits per heavy atom. The Hall–Kier alpha value is -2.74. The zero-order chi connectivity index (χ0) is 19.7. The predicted molar refractivity (Wildman–Crippen MR) is 97.6 cm³/mol. The van der Waals surface area contributed by atoms with Gasteiger partial charge in [0.15, 0.2) is 5.69 Å². The lowest BCUT2D eigenvalue weighted by atomic mass is 9.84. The van der Waals surface area contributed by atoms with Crippen molar-refractivity contribution in [3.05, 3.63) is 48.0 Å². The molecule has 28 heavy (non-hydrogen) atoms. The fourth-order valence-electron chi connectivity index (χ4n) is 4.11. The van der Waals surface area contributed by atoms with Crippen LogP contribution in [0.25, 0.3) is 5.69 Å². The number of carbonyl (C=O) groups excluding carboxylic acids is 1. The van der Waals surface area contributed by atoms with Crippen molar-refractivity contribution in [2.24, 2.45) is 11.8 Å². The summed E-state index contributed by atoms with van der Waals surface area (Å²) in [6.45, 7) is 1.60. The Kier molecular flexibility index (Phi) is 5.13. The molecule has 2 aliphatic rings. The van der Waals surface area contributed by atoms with E-state index in [9.17, 15) is 19.1 Å². The summed E-state index contributed by atoms with van der Waals surface area (Å²) in [7, 11) is 0. The zero-order valence-electron chi connectivity index (χ0n) is 15.3. The van der Waals surface area contributed by atoms with E-state index in [4.69, 9.17) is 4.74 Å². The summed E-state index contributed by atoms with van der Waals surface area (Å²) in [6.07, 6.45) is 3.42. The maximum atomic E-state index is 13.1. The second-order valence-corrected chi connectivity index (χ2v) is 7.32. The number of piperidine rings is 1. The molecule has 4 rings (SSSR count). The number of carboxylic acids is 1. The summed E-state index contributed by atoms with van der Waals surface area (Å²) >= 11 is 0. The molecule has 8 heteroatoms. The van der Waals surface area contributed by atoms with E-state index >= 15 is 0 Å². The first-order valence-corrected chi connectivity index (χ1v) is 9.48. The normalized spacial score (nSPS) is 23.1. The first-order valence-electron chi connectivity index (χ1n) is 9.48. The van der Waals surface area contributed by atoms with E-state index in [-0.39, 0.29) is 23.7 Å². The van der Waals surface area contributed by atoms with Crippen LogP contribution >= 0.6 is 0 Å². The molecule has 7 nitrogen and oxygen atoms in total. The number of aliphatic carboxylic acids is 1. The van der Waals surface area contributed by atoms with Crippen LogP contribution in [0.5, 0.6) is 0 Å². The third-order valence-corrected chi connectivity index (χ3v) is 5.64. The molecule has 2 aromatic rings. The molecule has 148 valence electrons. The van der Waals surface area contributed by atoms with Crippen molar-refractivity contribution >= 4 is 11.9 Å². The van der Waals surface area contributed by atoms with E-state index in [1.165, 1.54) is 12.1 Å². The molecule has 2 atom stereocenters. The molecule has 2 saturated heterocycles. The predicted octanol–water partition coefficient (Wildman–Crippen LogP) is 2.35. The van der Waals surface area contributed by atoms with Crippen LogP contribution in [-0.4, -0.2) is 57.5 Å². The van der Waals surface area contributed by atoms with Crippen molar-refractivity contribution in [2.45, 2.75) is 25.4 Å². The van der Waals surface area contributed by atoms with Crippen molar-refractivity contribution in [3.8, 4) is 5.69 Å². The van der Waals surface area contributed by atoms with Crippen LogP contribution in [0.2, 0.25) is 0 Å². The van der Waals surface area contributed by atoms with Gasteiger partial charge >= 0.3 is 5.97 Å². The first kappa shape index (κ1) is 18.6. The number of carbonyl (C=O) groups is 2. The van der Waals surface area contributed by atoms with Crippen molar-refractivity contribution in [3.63, 3.8) is 0 Å². The molecule has 1 aromatic carbocycles. The minimum Gasteiger partial charge on any atom is -0.481 e. The minimum atomic E-state index is -0.799. The number of halogens is 1. The van der Waals surface area contributed by atoms with Gasteiger partial charge in [0.25, 0.3) is 5.91 Å². The summed E-state index contributed by atoms with van der Waals surface area (Å²) in [6, 6.07) is 7.54. The van der Waals surface area contributed by atoms with Gasteiger partial charge in [-0.2, -0.15) is 5.10 Å². The standard InChI is InChI=1S/C20H22FN3O4/c21-14-1-3-15(4-2-14)24-11-7-17(22-24)19(25)23-9-5-13(6-10-23)18-16(20(26)27)8-12-28-18/h1-4,7,11,13,16,18H,5-6,8-10,12H2,(H,26,27)/t16?,18-/m0/s1. The number of rotatable bonds is 4. The number of likely N-dealkylation sites (tertiary alicyclic amines) is 1. The molecule has 0 saturated carbocycles. The van der Waals surface area contributed by atoms with Crippen LogP contribution in [0.15, 0.2) is 36.5 Å². The molecule has 1 N–H and O–H groups in total. The average molecular weight is 387 g/mol. The molecule has 0 bridgehead atoms. The first-order chi connectivity index (χ1) is 13.5. The van der Waals surface area contributed by atoms with Gasteiger partial charge in [-0.15, -0.1) is 0 Å². The molecule has 2 aliphatic heterocycles. The fourth-order valence-corrected chi connectivity index (χ4v) is 4.11. The summed E-state index contributed by atoms with van der Waals surface area (Å²) in [5.41, 5.74) is 1.01. The van der Waals surface area contributed by atoms with Crippen LogP contribution in [-0.2, 0) is 9.53 Å². The Balaban J connectivity index is 1.38. The largest absolute Gasteiger partial charge is 0.481 e. The number of nitrogens with zero attached hydrogens (tertiary/aromatic N) is 3. The van der Waals surface area contributed by atoms with Crippen LogP contribution in [0.4, 0.5) is 4.39 Å². The van der Waals surface area contributed by atoms with Crippen molar-refractivity contribution < 1.29 is 23.8 Å². The monoisotopic (exact) mass is 387 g/mol.